The summed E-state index contributed by atoms with van der Waals surface area (Å²) < 4.78 is 36.3. The summed E-state index contributed by atoms with van der Waals surface area (Å²) in [6, 6.07) is 6.48. The van der Waals surface area contributed by atoms with E-state index < -0.39 is 41.9 Å². The number of hydrogen-bond acceptors (Lipinski definition) is 6. The molecule has 0 spiro atoms. The molecule has 0 aromatic heterocycles. The van der Waals surface area contributed by atoms with Gasteiger partial charge in [0, 0.05) is 26.3 Å². The summed E-state index contributed by atoms with van der Waals surface area (Å²) in [6.45, 7) is -0.169. The van der Waals surface area contributed by atoms with Crippen LogP contribution in [0.15, 0.2) is 36.4 Å². The number of carbonyl (C=O) groups excluding carboxylic acids is 4. The van der Waals surface area contributed by atoms with Crippen molar-refractivity contribution in [1.29, 1.82) is 0 Å². The third-order valence-corrected chi connectivity index (χ3v) is 4.48. The lowest BCUT2D eigenvalue weighted by atomic mass is 10.1. The second-order valence-electron chi connectivity index (χ2n) is 6.62. The van der Waals surface area contributed by atoms with E-state index in [0.29, 0.717) is 19.1 Å². The normalized spacial score (nSPS) is 12.7. The molecule has 0 aliphatic carbocycles. The van der Waals surface area contributed by atoms with Gasteiger partial charge in [0.1, 0.15) is 11.6 Å². The van der Waals surface area contributed by atoms with Crippen LogP contribution in [0.2, 0.25) is 0 Å². The highest BCUT2D eigenvalue weighted by atomic mass is 19.1. The maximum atomic E-state index is 13.6. The molecule has 0 unspecified atom stereocenters. The molecule has 1 aliphatic heterocycles. The number of esters is 1. The molecule has 2 aromatic carbocycles. The van der Waals surface area contributed by atoms with Gasteiger partial charge in [0.25, 0.3) is 17.7 Å². The molecule has 1 N–H and O–H groups in total. The lowest BCUT2D eigenvalue weighted by Gasteiger charge is -2.12. The molecule has 1 aliphatic rings. The Morgan fingerprint density at radius 3 is 2.48 bits per heavy atom. The highest BCUT2D eigenvalue weighted by Gasteiger charge is 2.35. The van der Waals surface area contributed by atoms with Crippen molar-refractivity contribution in [2.24, 2.45) is 0 Å². The molecule has 0 bridgehead atoms. The van der Waals surface area contributed by atoms with Crippen molar-refractivity contribution in [3.63, 3.8) is 0 Å². The van der Waals surface area contributed by atoms with Gasteiger partial charge >= 0.3 is 5.97 Å². The van der Waals surface area contributed by atoms with E-state index in [9.17, 15) is 28.0 Å². The highest BCUT2D eigenvalue weighted by Crippen LogP contribution is 2.24. The van der Waals surface area contributed by atoms with Crippen LogP contribution in [0.5, 0.6) is 0 Å². The van der Waals surface area contributed by atoms with Crippen molar-refractivity contribution in [2.45, 2.75) is 6.42 Å². The van der Waals surface area contributed by atoms with Crippen LogP contribution in [-0.4, -0.2) is 55.5 Å². The van der Waals surface area contributed by atoms with E-state index in [0.717, 1.165) is 17.0 Å². The Morgan fingerprint density at radius 2 is 1.77 bits per heavy atom. The topological polar surface area (TPSA) is 102 Å². The number of amides is 3. The van der Waals surface area contributed by atoms with E-state index in [1.165, 1.54) is 25.3 Å². The number of imide groups is 1. The molecule has 1 heterocycles. The number of nitrogens with zero attached hydrogens (tertiary/aromatic N) is 1. The van der Waals surface area contributed by atoms with Crippen molar-refractivity contribution in [3.8, 4) is 0 Å². The third-order valence-electron chi connectivity index (χ3n) is 4.48. The molecule has 8 nitrogen and oxygen atoms in total. The summed E-state index contributed by atoms with van der Waals surface area (Å²) in [5.74, 6) is -4.52. The standard InChI is InChI=1S/C21H18F2N2O6/c1-30-8-2-7-25-19(27)14-5-3-12(9-15(14)20(25)28)21(29)31-11-18(26)24-17-6-4-13(22)10-16(17)23/h3-6,9-10H,2,7-8,11H2,1H3,(H,24,26). The largest absolute Gasteiger partial charge is 0.452 e. The number of carbonyl (C=O) groups is 4. The fourth-order valence-corrected chi connectivity index (χ4v) is 2.98. The Kier molecular flexibility index (Phi) is 6.71. The minimum atomic E-state index is -0.975. The fourth-order valence-electron chi connectivity index (χ4n) is 2.98. The Balaban J connectivity index is 1.61. The highest BCUT2D eigenvalue weighted by molar-refractivity contribution is 6.22. The molecule has 0 fully saturated rings. The van der Waals surface area contributed by atoms with E-state index in [4.69, 9.17) is 9.47 Å². The maximum Gasteiger partial charge on any atom is 0.338 e. The molecular formula is C21H18F2N2O6. The van der Waals surface area contributed by atoms with E-state index >= 15 is 0 Å². The maximum absolute atomic E-state index is 13.6. The number of benzene rings is 2. The van der Waals surface area contributed by atoms with Crippen molar-refractivity contribution < 1.29 is 37.4 Å². The van der Waals surface area contributed by atoms with Gasteiger partial charge in [0.15, 0.2) is 6.61 Å². The quantitative estimate of drug-likeness (QED) is 0.391. The smallest absolute Gasteiger partial charge is 0.338 e. The van der Waals surface area contributed by atoms with Crippen molar-refractivity contribution in [3.05, 3.63) is 64.7 Å². The van der Waals surface area contributed by atoms with Gasteiger partial charge in [-0.25, -0.2) is 13.6 Å². The zero-order valence-electron chi connectivity index (χ0n) is 16.4. The zero-order valence-corrected chi connectivity index (χ0v) is 16.4. The molecule has 0 saturated heterocycles. The predicted octanol–water partition coefficient (Wildman–Crippen LogP) is 2.39. The van der Waals surface area contributed by atoms with Gasteiger partial charge in [-0.05, 0) is 36.8 Å². The van der Waals surface area contributed by atoms with E-state index in [1.807, 2.05) is 0 Å². The molecule has 0 radical (unpaired) electrons. The first kappa shape index (κ1) is 22.0. The van der Waals surface area contributed by atoms with Gasteiger partial charge < -0.3 is 14.8 Å². The van der Waals surface area contributed by atoms with Crippen LogP contribution in [0, 0.1) is 11.6 Å². The van der Waals surface area contributed by atoms with Gasteiger partial charge in [-0.2, -0.15) is 0 Å². The average molecular weight is 432 g/mol. The van der Waals surface area contributed by atoms with Gasteiger partial charge in [-0.3, -0.25) is 19.3 Å². The molecule has 162 valence electrons. The van der Waals surface area contributed by atoms with Crippen LogP contribution in [-0.2, 0) is 14.3 Å². The van der Waals surface area contributed by atoms with Crippen LogP contribution < -0.4 is 5.32 Å². The third kappa shape index (κ3) is 4.92. The van der Waals surface area contributed by atoms with Crippen molar-refractivity contribution >= 4 is 29.4 Å². The number of halogens is 2. The first-order valence-corrected chi connectivity index (χ1v) is 9.23. The number of rotatable bonds is 8. The van der Waals surface area contributed by atoms with E-state index in [-0.39, 0.29) is 28.9 Å². The summed E-state index contributed by atoms with van der Waals surface area (Å²) in [4.78, 5) is 50.0. The molecule has 0 saturated carbocycles. The molecule has 31 heavy (non-hydrogen) atoms. The van der Waals surface area contributed by atoms with E-state index in [2.05, 4.69) is 5.32 Å². The first-order chi connectivity index (χ1) is 14.8. The fraction of sp³-hybridized carbons (Fsp3) is 0.238. The Morgan fingerprint density at radius 1 is 1.03 bits per heavy atom. The lowest BCUT2D eigenvalue weighted by molar-refractivity contribution is -0.119. The number of anilines is 1. The zero-order chi connectivity index (χ0) is 22.5. The SMILES string of the molecule is COCCCN1C(=O)c2ccc(C(=O)OCC(=O)Nc3ccc(F)cc3F)cc2C1=O. The average Bonchev–Trinajstić information content (AvgIpc) is 2.98. The summed E-state index contributed by atoms with van der Waals surface area (Å²) >= 11 is 0. The molecule has 2 aromatic rings. The number of ether oxygens (including phenoxy) is 2. The van der Waals surface area contributed by atoms with Gasteiger partial charge in [0.2, 0.25) is 0 Å². The molecule has 3 amide bonds. The predicted molar refractivity (Wildman–Crippen MR) is 104 cm³/mol. The number of fused-ring (bicyclic) bond motifs is 1. The van der Waals surface area contributed by atoms with Crippen LogP contribution >= 0.6 is 0 Å². The van der Waals surface area contributed by atoms with Crippen LogP contribution in [0.25, 0.3) is 0 Å². The molecule has 0 atom stereocenters. The van der Waals surface area contributed by atoms with Gasteiger partial charge in [-0.15, -0.1) is 0 Å². The minimum Gasteiger partial charge on any atom is -0.452 e. The molecule has 10 heteroatoms. The van der Waals surface area contributed by atoms with Crippen molar-refractivity contribution in [2.75, 3.05) is 32.2 Å². The lowest BCUT2D eigenvalue weighted by Crippen LogP contribution is -2.31. The number of hydrogen-bond donors (Lipinski definition) is 1. The molecule has 3 rings (SSSR count). The van der Waals surface area contributed by atoms with Crippen LogP contribution in [0.4, 0.5) is 14.5 Å². The summed E-state index contributed by atoms with van der Waals surface area (Å²) in [5, 5.41) is 2.16. The second-order valence-corrected chi connectivity index (χ2v) is 6.62. The Bertz CT molecular complexity index is 1060. The Hall–Kier alpha value is -3.66. The number of nitrogens with one attached hydrogen (secondary N) is 1. The second kappa shape index (κ2) is 9.43. The number of methoxy groups -OCH3 is 1. The van der Waals surface area contributed by atoms with Crippen molar-refractivity contribution in [1.82, 2.24) is 4.90 Å². The molecular weight excluding hydrogens is 414 g/mol. The minimum absolute atomic E-state index is 0.0283. The summed E-state index contributed by atoms with van der Waals surface area (Å²) in [6.07, 6.45) is 0.473. The summed E-state index contributed by atoms with van der Waals surface area (Å²) in [5.41, 5.74) is -0.0599. The van der Waals surface area contributed by atoms with E-state index in [1.54, 1.807) is 0 Å². The first-order valence-electron chi connectivity index (χ1n) is 9.23. The summed E-state index contributed by atoms with van der Waals surface area (Å²) in [7, 11) is 1.51. The monoisotopic (exact) mass is 432 g/mol. The van der Waals surface area contributed by atoms with Gasteiger partial charge in [-0.1, -0.05) is 0 Å². The van der Waals surface area contributed by atoms with Crippen LogP contribution in [0.1, 0.15) is 37.5 Å². The Labute approximate surface area is 175 Å². The van der Waals surface area contributed by atoms with Gasteiger partial charge in [0.05, 0.1) is 22.4 Å². The van der Waals surface area contributed by atoms with Crippen LogP contribution in [0.3, 0.4) is 0 Å².